The van der Waals surface area contributed by atoms with E-state index in [0.29, 0.717) is 10.7 Å². The van der Waals surface area contributed by atoms with E-state index in [0.717, 1.165) is 54.4 Å². The number of thioether (sulfide) groups is 1. The van der Waals surface area contributed by atoms with E-state index in [1.807, 2.05) is 48.5 Å². The molecule has 2 aliphatic rings. The lowest BCUT2D eigenvalue weighted by atomic mass is 9.82. The van der Waals surface area contributed by atoms with E-state index in [9.17, 15) is 0 Å². The van der Waals surface area contributed by atoms with Crippen molar-refractivity contribution in [3.05, 3.63) is 179 Å². The molecule has 3 aromatic heterocycles. The van der Waals surface area contributed by atoms with Gasteiger partial charge in [0.05, 0.1) is 17.1 Å². The minimum absolute atomic E-state index is 0.0831. The van der Waals surface area contributed by atoms with E-state index in [1.165, 1.54) is 67.6 Å². The van der Waals surface area contributed by atoms with Gasteiger partial charge in [-0.05, 0) is 98.7 Å². The first-order valence-corrected chi connectivity index (χ1v) is 21.4. The molecule has 0 spiro atoms. The van der Waals surface area contributed by atoms with Crippen molar-refractivity contribution in [1.29, 1.82) is 5.41 Å². The fourth-order valence-electron chi connectivity index (χ4n) is 8.78. The number of fused-ring (bicyclic) bond motifs is 6. The zero-order valence-corrected chi connectivity index (χ0v) is 35.0. The van der Waals surface area contributed by atoms with E-state index in [-0.39, 0.29) is 10.8 Å². The number of nitrogens with one attached hydrogen (secondary N) is 1. The van der Waals surface area contributed by atoms with E-state index in [1.54, 1.807) is 7.05 Å². The standard InChI is InChI=1S/C51H40N6S2/c1-50(2)38-17-8-6-15-34(38)36-25-23-30(28-40(36)50)42-19-11-21-44(54-42)46(52)58-47(53-5)32-13-10-14-33(27-32)48-56-57-49(59-48)45-22-12-20-43(55-45)31-24-26-37-35-16-7-9-18-39(35)51(3,4)41(37)29-31/h6-29,52H,1-5H3. The molecule has 6 nitrogen and oxygen atoms in total. The summed E-state index contributed by atoms with van der Waals surface area (Å²) in [4.78, 5) is 14.7. The molecule has 0 amide bonds. The summed E-state index contributed by atoms with van der Waals surface area (Å²) in [5.74, 6) is 0. The summed E-state index contributed by atoms with van der Waals surface area (Å²) in [7, 11) is 1.76. The smallest absolute Gasteiger partial charge is 0.166 e. The Morgan fingerprint density at radius 1 is 0.525 bits per heavy atom. The Labute approximate surface area is 352 Å². The largest absolute Gasteiger partial charge is 0.292 e. The Balaban J connectivity index is 0.869. The molecule has 0 unspecified atom stereocenters. The SMILES string of the molecule is CN=C(SC(=N)c1cccc(-c2ccc3c(c2)C(C)(C)c2ccccc2-3)n1)c1cccc(-c2nnc(-c3cccc(-c4ccc5c(c4)C(C)(C)c4ccccc4-5)n3)s2)c1. The molecule has 0 fully saturated rings. The predicted molar refractivity (Wildman–Crippen MR) is 246 cm³/mol. The highest BCUT2D eigenvalue weighted by molar-refractivity contribution is 8.27. The second kappa shape index (κ2) is 14.2. The van der Waals surface area contributed by atoms with Crippen LogP contribution >= 0.6 is 23.1 Å². The highest BCUT2D eigenvalue weighted by atomic mass is 32.2. The zero-order chi connectivity index (χ0) is 40.5. The molecule has 0 aliphatic heterocycles. The highest BCUT2D eigenvalue weighted by Crippen LogP contribution is 2.51. The third-order valence-corrected chi connectivity index (χ3v) is 13.9. The molecule has 286 valence electrons. The maximum Gasteiger partial charge on any atom is 0.166 e. The molecule has 3 heterocycles. The summed E-state index contributed by atoms with van der Waals surface area (Å²) in [6.07, 6.45) is 0. The van der Waals surface area contributed by atoms with Gasteiger partial charge in [0.2, 0.25) is 0 Å². The Bertz CT molecular complexity index is 3030. The van der Waals surface area contributed by atoms with Crippen LogP contribution in [0.2, 0.25) is 0 Å². The fraction of sp³-hybridized carbons (Fsp3) is 0.137. The van der Waals surface area contributed by atoms with Gasteiger partial charge in [0.25, 0.3) is 0 Å². The molecule has 0 saturated carbocycles. The van der Waals surface area contributed by atoms with E-state index >= 15 is 0 Å². The molecule has 8 aromatic rings. The lowest BCUT2D eigenvalue weighted by Gasteiger charge is -2.21. The maximum atomic E-state index is 9.12. The molecule has 0 bridgehead atoms. The van der Waals surface area contributed by atoms with Crippen LogP contribution < -0.4 is 0 Å². The van der Waals surface area contributed by atoms with Crippen molar-refractivity contribution in [2.24, 2.45) is 4.99 Å². The molecular weight excluding hydrogens is 761 g/mol. The third-order valence-electron chi connectivity index (χ3n) is 11.9. The predicted octanol–water partition coefficient (Wildman–Crippen LogP) is 12.7. The Kier molecular flexibility index (Phi) is 8.88. The van der Waals surface area contributed by atoms with Crippen molar-refractivity contribution < 1.29 is 0 Å². The average molecular weight is 801 g/mol. The topological polar surface area (TPSA) is 87.8 Å². The van der Waals surface area contributed by atoms with Crippen LogP contribution in [0, 0.1) is 5.41 Å². The Morgan fingerprint density at radius 2 is 1.07 bits per heavy atom. The van der Waals surface area contributed by atoms with Gasteiger partial charge in [0.15, 0.2) is 5.01 Å². The van der Waals surface area contributed by atoms with Crippen LogP contribution in [0.5, 0.6) is 0 Å². The Hall–Kier alpha value is -6.35. The Morgan fingerprint density at radius 3 is 1.71 bits per heavy atom. The van der Waals surface area contributed by atoms with Crippen molar-refractivity contribution in [3.63, 3.8) is 0 Å². The first-order chi connectivity index (χ1) is 28.6. The quantitative estimate of drug-likeness (QED) is 0.134. The summed E-state index contributed by atoms with van der Waals surface area (Å²) in [6.45, 7) is 9.17. The van der Waals surface area contributed by atoms with Crippen LogP contribution in [0.4, 0.5) is 0 Å². The number of aliphatic imine (C=N–C) groups is 1. The highest BCUT2D eigenvalue weighted by Gasteiger charge is 2.36. The zero-order valence-electron chi connectivity index (χ0n) is 33.4. The first-order valence-electron chi connectivity index (χ1n) is 19.7. The average Bonchev–Trinajstić information content (AvgIpc) is 3.93. The van der Waals surface area contributed by atoms with Gasteiger partial charge in [-0.15, -0.1) is 10.2 Å². The van der Waals surface area contributed by atoms with Gasteiger partial charge in [-0.1, -0.05) is 142 Å². The number of rotatable bonds is 6. The first kappa shape index (κ1) is 37.0. The summed E-state index contributed by atoms with van der Waals surface area (Å²) >= 11 is 2.82. The molecule has 8 heteroatoms. The lowest BCUT2D eigenvalue weighted by molar-refractivity contribution is 0.660. The molecule has 0 atom stereocenters. The van der Waals surface area contributed by atoms with E-state index in [4.69, 9.17) is 15.4 Å². The van der Waals surface area contributed by atoms with Gasteiger partial charge in [0.1, 0.15) is 20.8 Å². The molecule has 10 rings (SSSR count). The van der Waals surface area contributed by atoms with Crippen LogP contribution in [-0.4, -0.2) is 37.3 Å². The van der Waals surface area contributed by atoms with E-state index in [2.05, 4.69) is 140 Å². The fourth-order valence-corrected chi connectivity index (χ4v) is 10.3. The van der Waals surface area contributed by atoms with Crippen molar-refractivity contribution in [1.82, 2.24) is 20.2 Å². The van der Waals surface area contributed by atoms with Gasteiger partial charge in [-0.25, -0.2) is 9.97 Å². The minimum Gasteiger partial charge on any atom is -0.292 e. The molecule has 0 saturated heterocycles. The number of pyridine rings is 2. The van der Waals surface area contributed by atoms with E-state index < -0.39 is 0 Å². The van der Waals surface area contributed by atoms with Crippen molar-refractivity contribution in [2.45, 2.75) is 38.5 Å². The second-order valence-electron chi connectivity index (χ2n) is 16.1. The lowest BCUT2D eigenvalue weighted by Crippen LogP contribution is -2.15. The van der Waals surface area contributed by atoms with Crippen LogP contribution in [0.15, 0.2) is 151 Å². The monoisotopic (exact) mass is 800 g/mol. The summed E-state index contributed by atoms with van der Waals surface area (Å²) in [6, 6.07) is 50.8. The molecule has 5 aromatic carbocycles. The number of hydrogen-bond donors (Lipinski definition) is 1. The van der Waals surface area contributed by atoms with Crippen LogP contribution in [0.3, 0.4) is 0 Å². The van der Waals surface area contributed by atoms with Crippen LogP contribution in [0.1, 0.15) is 61.2 Å². The number of hydrogen-bond acceptors (Lipinski definition) is 8. The normalized spacial score (nSPS) is 14.4. The molecule has 0 radical (unpaired) electrons. The second-order valence-corrected chi connectivity index (χ2v) is 18.1. The summed E-state index contributed by atoms with van der Waals surface area (Å²) in [5.41, 5.74) is 17.4. The van der Waals surface area contributed by atoms with Gasteiger partial charge >= 0.3 is 0 Å². The third kappa shape index (κ3) is 6.26. The molecule has 1 N–H and O–H groups in total. The summed E-state index contributed by atoms with van der Waals surface area (Å²) in [5, 5.41) is 20.9. The van der Waals surface area contributed by atoms with Gasteiger partial charge in [0, 0.05) is 40.1 Å². The van der Waals surface area contributed by atoms with Gasteiger partial charge in [-0.3, -0.25) is 10.4 Å². The molecular formula is C51H40N6S2. The number of nitrogens with zero attached hydrogens (tertiary/aromatic N) is 5. The number of benzene rings is 5. The minimum atomic E-state index is -0.101. The van der Waals surface area contributed by atoms with Crippen molar-refractivity contribution in [2.75, 3.05) is 7.05 Å². The molecule has 59 heavy (non-hydrogen) atoms. The number of aromatic nitrogens is 4. The van der Waals surface area contributed by atoms with Crippen molar-refractivity contribution >= 4 is 33.2 Å². The molecule has 2 aliphatic carbocycles. The van der Waals surface area contributed by atoms with Crippen LogP contribution in [-0.2, 0) is 10.8 Å². The summed E-state index contributed by atoms with van der Waals surface area (Å²) < 4.78 is 0. The van der Waals surface area contributed by atoms with Crippen molar-refractivity contribution in [3.8, 4) is 66.0 Å². The van der Waals surface area contributed by atoms with Gasteiger partial charge < -0.3 is 0 Å². The maximum absolute atomic E-state index is 9.12. The van der Waals surface area contributed by atoms with Gasteiger partial charge in [-0.2, -0.15) is 0 Å². The van der Waals surface area contributed by atoms with Crippen LogP contribution in [0.25, 0.3) is 66.0 Å².